The highest BCUT2D eigenvalue weighted by molar-refractivity contribution is 8.00. The second-order valence-corrected chi connectivity index (χ2v) is 8.00. The van der Waals surface area contributed by atoms with Crippen molar-refractivity contribution >= 4 is 40.7 Å². The van der Waals surface area contributed by atoms with Crippen LogP contribution >= 0.6 is 23.4 Å². The molecule has 1 N–H and O–H groups in total. The minimum Gasteiger partial charge on any atom is -0.325 e. The Bertz CT molecular complexity index is 1000. The quantitative estimate of drug-likeness (QED) is 0.476. The number of hydrogen-bond donors (Lipinski definition) is 1. The predicted molar refractivity (Wildman–Crippen MR) is 112 cm³/mol. The number of benzene rings is 2. The Kier molecular flexibility index (Phi) is 6.16. The van der Waals surface area contributed by atoms with E-state index in [9.17, 15) is 9.59 Å². The van der Waals surface area contributed by atoms with Crippen LogP contribution in [0.25, 0.3) is 11.4 Å². The molecule has 0 saturated carbocycles. The van der Waals surface area contributed by atoms with Gasteiger partial charge in [0.2, 0.25) is 5.91 Å². The fraction of sp³-hybridized carbons (Fsp3) is 0.200. The summed E-state index contributed by atoms with van der Waals surface area (Å²) >= 11 is 7.25. The predicted octanol–water partition coefficient (Wildman–Crippen LogP) is 4.46. The molecule has 0 aliphatic rings. The average Bonchev–Trinajstić information content (AvgIpc) is 3.03. The number of carbonyl (C=O) groups is 2. The smallest absolute Gasteiger partial charge is 0.237 e. The molecule has 0 radical (unpaired) electrons. The molecule has 0 saturated heterocycles. The molecule has 6 nitrogen and oxygen atoms in total. The van der Waals surface area contributed by atoms with Gasteiger partial charge in [0.1, 0.15) is 0 Å². The number of carbonyl (C=O) groups excluding carboxylic acids is 2. The van der Waals surface area contributed by atoms with E-state index in [2.05, 4.69) is 15.5 Å². The van der Waals surface area contributed by atoms with Crippen LogP contribution < -0.4 is 5.32 Å². The van der Waals surface area contributed by atoms with Gasteiger partial charge in [-0.05, 0) is 62.4 Å². The summed E-state index contributed by atoms with van der Waals surface area (Å²) in [5.41, 5.74) is 2.14. The molecule has 0 spiro atoms. The highest BCUT2D eigenvalue weighted by atomic mass is 35.5. The summed E-state index contributed by atoms with van der Waals surface area (Å²) in [7, 11) is 1.86. The van der Waals surface area contributed by atoms with Crippen molar-refractivity contribution in [3.63, 3.8) is 0 Å². The van der Waals surface area contributed by atoms with Gasteiger partial charge in [0.25, 0.3) is 0 Å². The lowest BCUT2D eigenvalue weighted by Crippen LogP contribution is -2.22. The number of amides is 1. The van der Waals surface area contributed by atoms with Gasteiger partial charge in [-0.1, -0.05) is 23.4 Å². The summed E-state index contributed by atoms with van der Waals surface area (Å²) < 4.78 is 1.85. The van der Waals surface area contributed by atoms with Crippen LogP contribution in [0.3, 0.4) is 0 Å². The molecular weight excluding hydrogens is 396 g/mol. The zero-order valence-electron chi connectivity index (χ0n) is 15.6. The number of rotatable bonds is 6. The van der Waals surface area contributed by atoms with E-state index in [1.54, 1.807) is 43.3 Å². The molecule has 0 aliphatic heterocycles. The van der Waals surface area contributed by atoms with Gasteiger partial charge >= 0.3 is 0 Å². The minimum absolute atomic E-state index is 0.0134. The Morgan fingerprint density at radius 2 is 1.71 bits per heavy atom. The molecule has 1 unspecified atom stereocenters. The first kappa shape index (κ1) is 20.1. The molecule has 3 rings (SSSR count). The molecule has 1 aromatic heterocycles. The van der Waals surface area contributed by atoms with Crippen LogP contribution in [-0.2, 0) is 11.8 Å². The van der Waals surface area contributed by atoms with Crippen LogP contribution in [0.2, 0.25) is 5.02 Å². The van der Waals surface area contributed by atoms with Crippen LogP contribution in [0.5, 0.6) is 0 Å². The van der Waals surface area contributed by atoms with Crippen molar-refractivity contribution < 1.29 is 9.59 Å². The molecule has 1 amide bonds. The van der Waals surface area contributed by atoms with Crippen LogP contribution in [0.15, 0.2) is 53.7 Å². The number of ketones is 1. The zero-order valence-corrected chi connectivity index (χ0v) is 17.2. The van der Waals surface area contributed by atoms with Gasteiger partial charge in [0.05, 0.1) is 5.25 Å². The Morgan fingerprint density at radius 1 is 1.07 bits per heavy atom. The summed E-state index contributed by atoms with van der Waals surface area (Å²) in [5.74, 6) is 0.531. The molecule has 2 aromatic carbocycles. The second-order valence-electron chi connectivity index (χ2n) is 6.25. The van der Waals surface area contributed by atoms with Gasteiger partial charge in [-0.2, -0.15) is 0 Å². The molecular formula is C20H19ClN4O2S. The van der Waals surface area contributed by atoms with Gasteiger partial charge in [-0.25, -0.2) is 0 Å². The zero-order chi connectivity index (χ0) is 20.3. The maximum atomic E-state index is 12.5. The third-order valence-corrected chi connectivity index (χ3v) is 5.53. The van der Waals surface area contributed by atoms with Gasteiger partial charge in [-0.3, -0.25) is 9.59 Å². The van der Waals surface area contributed by atoms with E-state index in [1.807, 2.05) is 23.7 Å². The molecule has 0 aliphatic carbocycles. The van der Waals surface area contributed by atoms with E-state index in [0.717, 1.165) is 5.56 Å². The van der Waals surface area contributed by atoms with Crippen molar-refractivity contribution in [2.45, 2.75) is 24.3 Å². The van der Waals surface area contributed by atoms with Crippen molar-refractivity contribution in [3.8, 4) is 11.4 Å². The normalized spacial score (nSPS) is 11.9. The molecule has 1 atom stereocenters. The van der Waals surface area contributed by atoms with E-state index >= 15 is 0 Å². The Balaban J connectivity index is 1.67. The van der Waals surface area contributed by atoms with Gasteiger partial charge in [-0.15, -0.1) is 10.2 Å². The summed E-state index contributed by atoms with van der Waals surface area (Å²) in [4.78, 5) is 23.8. The lowest BCUT2D eigenvalue weighted by Gasteiger charge is -2.12. The third-order valence-electron chi connectivity index (χ3n) is 4.15. The highest BCUT2D eigenvalue weighted by Crippen LogP contribution is 2.27. The highest BCUT2D eigenvalue weighted by Gasteiger charge is 2.19. The van der Waals surface area contributed by atoms with Crippen LogP contribution in [0.4, 0.5) is 5.69 Å². The average molecular weight is 415 g/mol. The fourth-order valence-corrected chi connectivity index (χ4v) is 3.45. The number of anilines is 1. The number of nitrogens with one attached hydrogen (secondary N) is 1. The Hall–Kier alpha value is -2.64. The minimum atomic E-state index is -0.381. The first-order chi connectivity index (χ1) is 13.3. The Labute approximate surface area is 172 Å². The van der Waals surface area contributed by atoms with E-state index in [4.69, 9.17) is 11.6 Å². The van der Waals surface area contributed by atoms with Crippen molar-refractivity contribution in [3.05, 3.63) is 59.1 Å². The number of Topliss-reactive ketones (excluding diaryl/α,β-unsaturated/α-hetero) is 1. The van der Waals surface area contributed by atoms with Crippen molar-refractivity contribution in [1.29, 1.82) is 0 Å². The third kappa shape index (κ3) is 4.61. The van der Waals surface area contributed by atoms with Crippen LogP contribution in [0.1, 0.15) is 24.2 Å². The second kappa shape index (κ2) is 8.58. The molecule has 28 heavy (non-hydrogen) atoms. The SMILES string of the molecule is CC(=O)c1ccc(NC(=O)C(C)Sc2nnc(-c3ccc(Cl)cc3)n2C)cc1. The van der Waals surface area contributed by atoms with E-state index in [-0.39, 0.29) is 16.9 Å². The largest absolute Gasteiger partial charge is 0.325 e. The summed E-state index contributed by atoms with van der Waals surface area (Å²) in [6.07, 6.45) is 0. The molecule has 0 bridgehead atoms. The van der Waals surface area contributed by atoms with E-state index in [0.29, 0.717) is 27.3 Å². The molecule has 8 heteroatoms. The number of hydrogen-bond acceptors (Lipinski definition) is 5. The van der Waals surface area contributed by atoms with Crippen LogP contribution in [0, 0.1) is 0 Å². The lowest BCUT2D eigenvalue weighted by molar-refractivity contribution is -0.115. The summed E-state index contributed by atoms with van der Waals surface area (Å²) in [6, 6.07) is 14.2. The van der Waals surface area contributed by atoms with Crippen molar-refractivity contribution in [2.24, 2.45) is 7.05 Å². The van der Waals surface area contributed by atoms with Crippen LogP contribution in [-0.4, -0.2) is 31.7 Å². The first-order valence-corrected chi connectivity index (χ1v) is 9.85. The topological polar surface area (TPSA) is 76.9 Å². The number of thioether (sulfide) groups is 1. The molecule has 1 heterocycles. The van der Waals surface area contributed by atoms with E-state index in [1.165, 1.54) is 18.7 Å². The number of halogens is 1. The van der Waals surface area contributed by atoms with Crippen molar-refractivity contribution in [1.82, 2.24) is 14.8 Å². The van der Waals surface area contributed by atoms with Crippen molar-refractivity contribution in [2.75, 3.05) is 5.32 Å². The molecule has 3 aromatic rings. The first-order valence-electron chi connectivity index (χ1n) is 8.59. The van der Waals surface area contributed by atoms with Gasteiger partial charge in [0, 0.05) is 28.9 Å². The molecule has 0 fully saturated rings. The number of nitrogens with zero attached hydrogens (tertiary/aromatic N) is 3. The summed E-state index contributed by atoms with van der Waals surface area (Å²) in [5, 5.41) is 12.2. The fourth-order valence-electron chi connectivity index (χ4n) is 2.51. The maximum absolute atomic E-state index is 12.5. The van der Waals surface area contributed by atoms with Gasteiger partial charge in [0.15, 0.2) is 16.8 Å². The lowest BCUT2D eigenvalue weighted by atomic mass is 10.1. The standard InChI is InChI=1S/C20H19ClN4O2S/c1-12(26)14-6-10-17(11-7-14)22-19(27)13(2)28-20-24-23-18(25(20)3)15-4-8-16(21)9-5-15/h4-11,13H,1-3H3,(H,22,27). The monoisotopic (exact) mass is 414 g/mol. The van der Waals surface area contributed by atoms with Gasteiger partial charge < -0.3 is 9.88 Å². The number of aromatic nitrogens is 3. The Morgan fingerprint density at radius 3 is 2.32 bits per heavy atom. The van der Waals surface area contributed by atoms with E-state index < -0.39 is 0 Å². The maximum Gasteiger partial charge on any atom is 0.237 e. The molecule has 144 valence electrons. The summed E-state index contributed by atoms with van der Waals surface area (Å²) in [6.45, 7) is 3.31.